The number of nitrogens with one attached hydrogen (secondary N) is 1. The summed E-state index contributed by atoms with van der Waals surface area (Å²) in [4.78, 5) is 25.9. The van der Waals surface area contributed by atoms with Gasteiger partial charge in [-0.15, -0.1) is 24.5 Å². The Bertz CT molecular complexity index is 1280. The van der Waals surface area contributed by atoms with Gasteiger partial charge in [0.2, 0.25) is 5.95 Å². The van der Waals surface area contributed by atoms with E-state index in [0.29, 0.717) is 33.6 Å². The van der Waals surface area contributed by atoms with Crippen molar-refractivity contribution in [3.63, 3.8) is 0 Å². The molecule has 1 atom stereocenters. The predicted octanol–water partition coefficient (Wildman–Crippen LogP) is 6.80. The minimum absolute atomic E-state index is 0.0556. The normalized spacial score (nSPS) is 17.1. The Balaban J connectivity index is 1.60. The first-order chi connectivity index (χ1) is 16.7. The minimum atomic E-state index is -2.81. The molecular weight excluding hydrogens is 490 g/mol. The van der Waals surface area contributed by atoms with Crippen LogP contribution in [0.2, 0.25) is 5.02 Å². The molecule has 182 valence electrons. The lowest BCUT2D eigenvalue weighted by molar-refractivity contribution is -0.0545. The average Bonchev–Trinajstić information content (AvgIpc) is 3.27. The number of hydrogen-bond donors (Lipinski definition) is 1. The van der Waals surface area contributed by atoms with Crippen molar-refractivity contribution in [2.45, 2.75) is 25.7 Å². The molecule has 0 aliphatic carbocycles. The van der Waals surface area contributed by atoms with Gasteiger partial charge in [-0.3, -0.25) is 4.79 Å². The number of piperidine rings is 1. The summed E-state index contributed by atoms with van der Waals surface area (Å²) in [5, 5.41) is 3.36. The molecule has 0 bridgehead atoms. The SMILES string of the molecule is C=CCc1ccc(-c2cc(Cl)ccc2C(=O)Nc2cc(C)nc(N3CCC(F)(F)C(C=C)C3)n2)s1. The lowest BCUT2D eigenvalue weighted by Crippen LogP contribution is -2.47. The Morgan fingerprint density at radius 3 is 2.83 bits per heavy atom. The highest BCUT2D eigenvalue weighted by Gasteiger charge is 2.43. The molecule has 5 nitrogen and oxygen atoms in total. The second-order valence-electron chi connectivity index (χ2n) is 8.40. The van der Waals surface area contributed by atoms with Crippen LogP contribution >= 0.6 is 22.9 Å². The van der Waals surface area contributed by atoms with E-state index in [1.165, 1.54) is 6.08 Å². The molecular formula is C26H25ClF2N4OS. The van der Waals surface area contributed by atoms with E-state index in [4.69, 9.17) is 11.6 Å². The van der Waals surface area contributed by atoms with Crippen molar-refractivity contribution in [2.75, 3.05) is 23.3 Å². The van der Waals surface area contributed by atoms with Crippen molar-refractivity contribution in [3.05, 3.63) is 82.9 Å². The van der Waals surface area contributed by atoms with Gasteiger partial charge in [0.15, 0.2) is 0 Å². The Hall–Kier alpha value is -3.10. The Morgan fingerprint density at radius 2 is 2.09 bits per heavy atom. The molecule has 1 N–H and O–H groups in total. The number of alkyl halides is 2. The number of nitrogens with zero attached hydrogens (tertiary/aromatic N) is 3. The maximum atomic E-state index is 14.1. The third kappa shape index (κ3) is 5.60. The van der Waals surface area contributed by atoms with E-state index in [0.717, 1.165) is 16.2 Å². The molecule has 0 spiro atoms. The fraction of sp³-hybridized carbons (Fsp3) is 0.269. The summed E-state index contributed by atoms with van der Waals surface area (Å²) in [6, 6.07) is 10.7. The average molecular weight is 515 g/mol. The lowest BCUT2D eigenvalue weighted by atomic mass is 9.94. The molecule has 1 amide bonds. The Morgan fingerprint density at radius 1 is 1.29 bits per heavy atom. The van der Waals surface area contributed by atoms with E-state index in [1.807, 2.05) is 18.2 Å². The number of carbonyl (C=O) groups excluding carboxylic acids is 1. The number of allylic oxidation sites excluding steroid dienone is 1. The molecule has 35 heavy (non-hydrogen) atoms. The van der Waals surface area contributed by atoms with Gasteiger partial charge in [-0.2, -0.15) is 4.98 Å². The number of amides is 1. The van der Waals surface area contributed by atoms with Crippen LogP contribution in [-0.2, 0) is 6.42 Å². The number of aryl methyl sites for hydroxylation is 1. The van der Waals surface area contributed by atoms with Crippen LogP contribution in [0.25, 0.3) is 10.4 Å². The summed E-state index contributed by atoms with van der Waals surface area (Å²) in [5.74, 6) is -3.56. The van der Waals surface area contributed by atoms with Crippen LogP contribution in [0, 0.1) is 12.8 Å². The van der Waals surface area contributed by atoms with Crippen LogP contribution in [0.1, 0.15) is 27.3 Å². The number of thiophene rings is 1. The number of carbonyl (C=O) groups is 1. The molecule has 3 aromatic rings. The Labute approximate surface area is 212 Å². The van der Waals surface area contributed by atoms with Gasteiger partial charge in [-0.05, 0) is 43.7 Å². The number of halogens is 3. The van der Waals surface area contributed by atoms with E-state index in [9.17, 15) is 13.6 Å². The van der Waals surface area contributed by atoms with E-state index < -0.39 is 11.8 Å². The maximum absolute atomic E-state index is 14.1. The molecule has 3 heterocycles. The summed E-state index contributed by atoms with van der Waals surface area (Å²) in [6.45, 7) is 9.26. The van der Waals surface area contributed by atoms with Gasteiger partial charge in [0.05, 0.1) is 5.92 Å². The standard InChI is InChI=1S/C26H25ClF2N4OS/c1-4-6-19-8-10-22(35-19)21-14-18(27)7-9-20(21)24(34)31-23-13-16(3)30-25(32-23)33-12-11-26(28,29)17(5-2)15-33/h4-5,7-10,13-14,17H,1-2,6,11-12,15H2,3H3,(H,30,31,32,34). The third-order valence-electron chi connectivity index (χ3n) is 5.82. The highest BCUT2D eigenvalue weighted by atomic mass is 35.5. The number of rotatable bonds is 7. The van der Waals surface area contributed by atoms with Crippen molar-refractivity contribution in [1.82, 2.24) is 9.97 Å². The van der Waals surface area contributed by atoms with Crippen LogP contribution in [0.5, 0.6) is 0 Å². The van der Waals surface area contributed by atoms with E-state index >= 15 is 0 Å². The summed E-state index contributed by atoms with van der Waals surface area (Å²) in [5.41, 5.74) is 1.78. The van der Waals surface area contributed by atoms with Gasteiger partial charge in [-0.1, -0.05) is 23.8 Å². The first kappa shape index (κ1) is 25.0. The second-order valence-corrected chi connectivity index (χ2v) is 10.0. The van der Waals surface area contributed by atoms with Gasteiger partial charge < -0.3 is 10.2 Å². The van der Waals surface area contributed by atoms with E-state index in [2.05, 4.69) is 28.4 Å². The highest BCUT2D eigenvalue weighted by molar-refractivity contribution is 7.15. The number of hydrogen-bond acceptors (Lipinski definition) is 5. The highest BCUT2D eigenvalue weighted by Crippen LogP contribution is 2.36. The summed E-state index contributed by atoms with van der Waals surface area (Å²) < 4.78 is 28.2. The van der Waals surface area contributed by atoms with Crippen molar-refractivity contribution in [1.29, 1.82) is 0 Å². The summed E-state index contributed by atoms with van der Waals surface area (Å²) in [6.07, 6.45) is 3.53. The number of benzene rings is 1. The van der Waals surface area contributed by atoms with Gasteiger partial charge in [0.25, 0.3) is 11.8 Å². The quantitative estimate of drug-likeness (QED) is 0.352. The molecule has 0 saturated carbocycles. The fourth-order valence-corrected chi connectivity index (χ4v) is 5.20. The van der Waals surface area contributed by atoms with Crippen LogP contribution in [0.3, 0.4) is 0 Å². The largest absolute Gasteiger partial charge is 0.340 e. The number of aromatic nitrogens is 2. The molecule has 1 aliphatic heterocycles. The molecule has 1 saturated heterocycles. The van der Waals surface area contributed by atoms with Gasteiger partial charge in [0.1, 0.15) is 5.82 Å². The zero-order valence-corrected chi connectivity index (χ0v) is 20.8. The molecule has 4 rings (SSSR count). The molecule has 9 heteroatoms. The van der Waals surface area contributed by atoms with Crippen molar-refractivity contribution >= 4 is 40.6 Å². The second kappa shape index (κ2) is 10.3. The first-order valence-electron chi connectivity index (χ1n) is 11.1. The van der Waals surface area contributed by atoms with Crippen molar-refractivity contribution < 1.29 is 13.6 Å². The van der Waals surface area contributed by atoms with Crippen LogP contribution in [0.4, 0.5) is 20.5 Å². The van der Waals surface area contributed by atoms with Crippen molar-refractivity contribution in [3.8, 4) is 10.4 Å². The molecule has 1 unspecified atom stereocenters. The van der Waals surface area contributed by atoms with Gasteiger partial charge in [0, 0.05) is 57.2 Å². The van der Waals surface area contributed by atoms with Crippen LogP contribution in [0.15, 0.2) is 61.7 Å². The smallest absolute Gasteiger partial charge is 0.257 e. The third-order valence-corrected chi connectivity index (χ3v) is 7.20. The van der Waals surface area contributed by atoms with Crippen LogP contribution < -0.4 is 10.2 Å². The summed E-state index contributed by atoms with van der Waals surface area (Å²) in [7, 11) is 0. The Kier molecular flexibility index (Phi) is 7.33. The first-order valence-corrected chi connectivity index (χ1v) is 12.3. The monoisotopic (exact) mass is 514 g/mol. The van der Waals surface area contributed by atoms with Gasteiger partial charge >= 0.3 is 0 Å². The topological polar surface area (TPSA) is 58.1 Å². The molecule has 0 radical (unpaired) electrons. The minimum Gasteiger partial charge on any atom is -0.340 e. The zero-order chi connectivity index (χ0) is 25.2. The fourth-order valence-electron chi connectivity index (χ4n) is 4.00. The maximum Gasteiger partial charge on any atom is 0.257 e. The van der Waals surface area contributed by atoms with Crippen molar-refractivity contribution in [2.24, 2.45) is 5.92 Å². The number of anilines is 2. The predicted molar refractivity (Wildman–Crippen MR) is 139 cm³/mol. The van der Waals surface area contributed by atoms with E-state index in [1.54, 1.807) is 47.4 Å². The molecule has 2 aromatic heterocycles. The molecule has 1 aromatic carbocycles. The van der Waals surface area contributed by atoms with Crippen LogP contribution in [-0.4, -0.2) is 34.9 Å². The van der Waals surface area contributed by atoms with E-state index in [-0.39, 0.29) is 25.4 Å². The van der Waals surface area contributed by atoms with Gasteiger partial charge in [-0.25, -0.2) is 13.8 Å². The zero-order valence-electron chi connectivity index (χ0n) is 19.2. The molecule has 1 fully saturated rings. The lowest BCUT2D eigenvalue weighted by Gasteiger charge is -2.37. The summed E-state index contributed by atoms with van der Waals surface area (Å²) >= 11 is 7.81. The molecule has 1 aliphatic rings.